The Hall–Kier alpha value is -4.26. The van der Waals surface area contributed by atoms with E-state index in [2.05, 4.69) is 41.3 Å². The van der Waals surface area contributed by atoms with Crippen LogP contribution >= 0.6 is 22.9 Å². The van der Waals surface area contributed by atoms with Crippen molar-refractivity contribution in [2.24, 2.45) is 5.10 Å². The molecule has 0 saturated carbocycles. The first-order chi connectivity index (χ1) is 19.1. The summed E-state index contributed by atoms with van der Waals surface area (Å²) in [6.45, 7) is 0.638. The lowest BCUT2D eigenvalue weighted by atomic mass is 10.1. The highest BCUT2D eigenvalue weighted by molar-refractivity contribution is 7.16. The summed E-state index contributed by atoms with van der Waals surface area (Å²) < 4.78 is 11.5. The zero-order chi connectivity index (χ0) is 27.0. The molecule has 0 N–H and O–H groups in total. The van der Waals surface area contributed by atoms with E-state index in [0.717, 1.165) is 49.0 Å². The molecule has 0 bridgehead atoms. The number of hydrogen-bond acceptors (Lipinski definition) is 6. The third-order valence-electron chi connectivity index (χ3n) is 6.15. The lowest BCUT2D eigenvalue weighted by Crippen LogP contribution is -2.15. The maximum absolute atomic E-state index is 6.17. The van der Waals surface area contributed by atoms with Crippen LogP contribution in [0.25, 0.3) is 0 Å². The number of nitrogens with zero attached hydrogens (tertiary/aromatic N) is 3. The molecular weight excluding hydrogens is 526 g/mol. The third-order valence-corrected chi connectivity index (χ3v) is 7.36. The normalized spacial score (nSPS) is 10.9. The van der Waals surface area contributed by atoms with E-state index in [1.165, 1.54) is 0 Å². The average Bonchev–Trinajstić information content (AvgIpc) is 3.41. The number of hydrogen-bond donors (Lipinski definition) is 0. The Morgan fingerprint density at radius 3 is 1.69 bits per heavy atom. The number of rotatable bonds is 10. The van der Waals surface area contributed by atoms with Gasteiger partial charge >= 0.3 is 0 Å². The highest BCUT2D eigenvalue weighted by Gasteiger charge is 2.13. The van der Waals surface area contributed by atoms with Crippen LogP contribution in [-0.2, 0) is 6.54 Å². The van der Waals surface area contributed by atoms with E-state index in [0.29, 0.717) is 6.54 Å². The van der Waals surface area contributed by atoms with Crippen LogP contribution in [0.15, 0.2) is 120 Å². The molecule has 0 amide bonds. The minimum Gasteiger partial charge on any atom is -0.497 e. The van der Waals surface area contributed by atoms with Crippen molar-refractivity contribution in [1.29, 1.82) is 0 Å². The average molecular weight is 554 g/mol. The monoisotopic (exact) mass is 553 g/mol. The molecule has 0 aliphatic heterocycles. The van der Waals surface area contributed by atoms with Crippen LogP contribution in [0.1, 0.15) is 10.4 Å². The van der Waals surface area contributed by atoms with Gasteiger partial charge in [0.05, 0.1) is 37.0 Å². The van der Waals surface area contributed by atoms with E-state index in [1.54, 1.807) is 25.6 Å². The van der Waals surface area contributed by atoms with Crippen molar-refractivity contribution >= 4 is 51.9 Å². The van der Waals surface area contributed by atoms with Crippen LogP contribution < -0.4 is 19.4 Å². The number of ether oxygens (including phenoxy) is 2. The Balaban J connectivity index is 1.42. The number of halogens is 1. The Bertz CT molecular complexity index is 1450. The molecule has 0 saturated heterocycles. The number of methoxy groups -OCH3 is 2. The van der Waals surface area contributed by atoms with Crippen molar-refractivity contribution in [2.45, 2.75) is 6.54 Å². The van der Waals surface area contributed by atoms with E-state index in [4.69, 9.17) is 26.2 Å². The van der Waals surface area contributed by atoms with Gasteiger partial charge in [0.2, 0.25) is 0 Å². The van der Waals surface area contributed by atoms with Gasteiger partial charge in [-0.3, -0.25) is 5.01 Å². The van der Waals surface area contributed by atoms with Gasteiger partial charge in [0.15, 0.2) is 0 Å². The van der Waals surface area contributed by atoms with Crippen molar-refractivity contribution in [3.63, 3.8) is 0 Å². The van der Waals surface area contributed by atoms with Gasteiger partial charge in [0, 0.05) is 21.9 Å². The summed E-state index contributed by atoms with van der Waals surface area (Å²) in [7, 11) is 3.34. The Morgan fingerprint density at radius 2 is 1.21 bits per heavy atom. The number of benzene rings is 4. The number of para-hydroxylation sites is 1. The van der Waals surface area contributed by atoms with Gasteiger partial charge in [-0.2, -0.15) is 5.10 Å². The minimum absolute atomic E-state index is 0.638. The van der Waals surface area contributed by atoms with E-state index < -0.39 is 0 Å². The van der Waals surface area contributed by atoms with Gasteiger partial charge < -0.3 is 14.4 Å². The van der Waals surface area contributed by atoms with Gasteiger partial charge in [-0.25, -0.2) is 0 Å². The molecule has 39 heavy (non-hydrogen) atoms. The molecule has 0 aliphatic rings. The van der Waals surface area contributed by atoms with E-state index in [9.17, 15) is 0 Å². The number of anilines is 4. The summed E-state index contributed by atoms with van der Waals surface area (Å²) in [4.78, 5) is 3.34. The summed E-state index contributed by atoms with van der Waals surface area (Å²) in [5, 5.41) is 6.81. The van der Waals surface area contributed by atoms with Crippen LogP contribution in [-0.4, -0.2) is 20.4 Å². The predicted octanol–water partition coefficient (Wildman–Crippen LogP) is 8.93. The smallest absolute Gasteiger partial charge is 0.119 e. The van der Waals surface area contributed by atoms with E-state index in [1.807, 2.05) is 90.1 Å². The molecule has 1 heterocycles. The highest BCUT2D eigenvalue weighted by Crippen LogP contribution is 2.36. The van der Waals surface area contributed by atoms with Gasteiger partial charge in [-0.1, -0.05) is 41.9 Å². The van der Waals surface area contributed by atoms with Crippen LogP contribution in [0.4, 0.5) is 22.7 Å². The van der Waals surface area contributed by atoms with Crippen LogP contribution in [0.2, 0.25) is 4.34 Å². The molecule has 0 unspecified atom stereocenters. The first-order valence-corrected chi connectivity index (χ1v) is 13.6. The predicted molar refractivity (Wildman–Crippen MR) is 164 cm³/mol. The van der Waals surface area contributed by atoms with E-state index >= 15 is 0 Å². The topological polar surface area (TPSA) is 37.3 Å². The van der Waals surface area contributed by atoms with Gasteiger partial charge in [0.25, 0.3) is 0 Å². The summed E-state index contributed by atoms with van der Waals surface area (Å²) in [6, 6.07) is 38.5. The second kappa shape index (κ2) is 12.5. The molecule has 0 atom stereocenters. The number of thiophene rings is 1. The summed E-state index contributed by atoms with van der Waals surface area (Å²) in [6.07, 6.45) is 1.89. The maximum atomic E-state index is 6.17. The molecule has 0 aliphatic carbocycles. The lowest BCUT2D eigenvalue weighted by Gasteiger charge is -2.26. The first kappa shape index (κ1) is 26.4. The molecule has 196 valence electrons. The molecule has 0 radical (unpaired) electrons. The summed E-state index contributed by atoms with van der Waals surface area (Å²) in [5.41, 5.74) is 5.07. The Kier molecular flexibility index (Phi) is 8.46. The summed E-state index contributed by atoms with van der Waals surface area (Å²) >= 11 is 7.73. The fraction of sp³-hybridized carbons (Fsp3) is 0.0938. The quantitative estimate of drug-likeness (QED) is 0.128. The van der Waals surface area contributed by atoms with Gasteiger partial charge in [-0.15, -0.1) is 11.3 Å². The zero-order valence-corrected chi connectivity index (χ0v) is 23.3. The highest BCUT2D eigenvalue weighted by atomic mass is 35.5. The minimum atomic E-state index is 0.638. The summed E-state index contributed by atoms with van der Waals surface area (Å²) in [5.74, 6) is 1.63. The lowest BCUT2D eigenvalue weighted by molar-refractivity contribution is 0.415. The molecule has 5 rings (SSSR count). The molecule has 1 aromatic heterocycles. The van der Waals surface area contributed by atoms with E-state index in [-0.39, 0.29) is 0 Å². The Morgan fingerprint density at radius 1 is 0.667 bits per heavy atom. The molecule has 5 aromatic rings. The van der Waals surface area contributed by atoms with Crippen LogP contribution in [0.5, 0.6) is 11.5 Å². The van der Waals surface area contributed by atoms with Gasteiger partial charge in [-0.05, 0) is 90.5 Å². The van der Waals surface area contributed by atoms with Crippen LogP contribution in [0, 0.1) is 0 Å². The largest absolute Gasteiger partial charge is 0.497 e. The standard InChI is InChI=1S/C32H28ClN3O2S/c1-37-29-16-12-27(13-17-29)36(28-14-18-30(38-2)19-15-28)26-10-8-24(9-11-26)22-34-35(25-6-4-3-5-7-25)23-31-20-21-32(33)39-31/h3-22H,23H2,1-2H3. The number of hydrazone groups is 1. The molecular formula is C32H28ClN3O2S. The van der Waals surface area contributed by atoms with Crippen LogP contribution in [0.3, 0.4) is 0 Å². The molecule has 0 fully saturated rings. The molecule has 4 aromatic carbocycles. The van der Waals surface area contributed by atoms with Gasteiger partial charge in [0.1, 0.15) is 11.5 Å². The molecule has 0 spiro atoms. The van der Waals surface area contributed by atoms with Crippen molar-refractivity contribution in [3.8, 4) is 11.5 Å². The second-order valence-electron chi connectivity index (χ2n) is 8.67. The zero-order valence-electron chi connectivity index (χ0n) is 21.7. The van der Waals surface area contributed by atoms with Crippen molar-refractivity contribution in [1.82, 2.24) is 0 Å². The van der Waals surface area contributed by atoms with Crippen molar-refractivity contribution in [2.75, 3.05) is 24.1 Å². The van der Waals surface area contributed by atoms with Crippen molar-refractivity contribution < 1.29 is 9.47 Å². The first-order valence-electron chi connectivity index (χ1n) is 12.4. The fourth-order valence-corrected chi connectivity index (χ4v) is 5.21. The second-order valence-corrected chi connectivity index (χ2v) is 10.5. The fourth-order valence-electron chi connectivity index (χ4n) is 4.14. The third kappa shape index (κ3) is 6.60. The SMILES string of the molecule is COc1ccc(N(c2ccc(C=NN(Cc3ccc(Cl)s3)c3ccccc3)cc2)c2ccc(OC)cc2)cc1. The maximum Gasteiger partial charge on any atom is 0.119 e. The molecule has 7 heteroatoms. The van der Waals surface area contributed by atoms with Crippen molar-refractivity contribution in [3.05, 3.63) is 130 Å². The molecule has 5 nitrogen and oxygen atoms in total. The Labute approximate surface area is 238 Å².